The lowest BCUT2D eigenvalue weighted by Gasteiger charge is -2.03. The number of hydrogen-bond donors (Lipinski definition) is 0. The summed E-state index contributed by atoms with van der Waals surface area (Å²) in [7, 11) is 0. The standard InChI is InChI=1S/C12H11N/c1-10(2)12-7-5-11(6-8-12)4-3-9-13/h5-8,10H,1-2H3. The molecule has 0 fully saturated rings. The lowest BCUT2D eigenvalue weighted by Crippen LogP contribution is -1.86. The highest BCUT2D eigenvalue weighted by atomic mass is 14.2. The van der Waals surface area contributed by atoms with Gasteiger partial charge in [0.1, 0.15) is 0 Å². The minimum Gasteiger partial charge on any atom is -0.183 e. The van der Waals surface area contributed by atoms with E-state index in [2.05, 4.69) is 25.7 Å². The Hall–Kier alpha value is -1.73. The summed E-state index contributed by atoms with van der Waals surface area (Å²) >= 11 is 0. The summed E-state index contributed by atoms with van der Waals surface area (Å²) in [5.74, 6) is 5.66. The molecule has 0 atom stereocenters. The molecule has 0 aliphatic rings. The van der Waals surface area contributed by atoms with E-state index in [0.717, 1.165) is 5.56 Å². The van der Waals surface area contributed by atoms with Crippen LogP contribution in [0.1, 0.15) is 30.9 Å². The zero-order valence-electron chi connectivity index (χ0n) is 7.83. The molecule has 1 aromatic rings. The van der Waals surface area contributed by atoms with Gasteiger partial charge in [-0.05, 0) is 23.6 Å². The van der Waals surface area contributed by atoms with Crippen LogP contribution in [0, 0.1) is 23.2 Å². The number of benzene rings is 1. The highest BCUT2D eigenvalue weighted by Gasteiger charge is 1.96. The molecule has 0 heterocycles. The molecule has 0 radical (unpaired) electrons. The van der Waals surface area contributed by atoms with Crippen LogP contribution >= 0.6 is 0 Å². The molecule has 1 nitrogen and oxygen atoms in total. The average molecular weight is 169 g/mol. The lowest BCUT2D eigenvalue weighted by atomic mass is 10.0. The average Bonchev–Trinajstić information content (AvgIpc) is 2.15. The second kappa shape index (κ2) is 4.33. The molecule has 0 unspecified atom stereocenters. The van der Waals surface area contributed by atoms with Gasteiger partial charge in [-0.3, -0.25) is 0 Å². The first-order valence-corrected chi connectivity index (χ1v) is 4.24. The van der Waals surface area contributed by atoms with Crippen molar-refractivity contribution in [1.82, 2.24) is 0 Å². The van der Waals surface area contributed by atoms with Gasteiger partial charge in [-0.2, -0.15) is 5.26 Å². The Bertz CT molecular complexity index is 368. The maximum atomic E-state index is 8.25. The van der Waals surface area contributed by atoms with E-state index in [9.17, 15) is 0 Å². The van der Waals surface area contributed by atoms with Crippen molar-refractivity contribution in [3.8, 4) is 17.9 Å². The number of nitrogens with zero attached hydrogens (tertiary/aromatic N) is 1. The summed E-state index contributed by atoms with van der Waals surface area (Å²) in [4.78, 5) is 0. The van der Waals surface area contributed by atoms with Crippen molar-refractivity contribution in [1.29, 1.82) is 5.26 Å². The van der Waals surface area contributed by atoms with Gasteiger partial charge in [0.15, 0.2) is 6.07 Å². The fourth-order valence-corrected chi connectivity index (χ4v) is 1.05. The monoisotopic (exact) mass is 169 g/mol. The number of nitriles is 1. The molecule has 1 aromatic carbocycles. The van der Waals surface area contributed by atoms with Crippen molar-refractivity contribution in [2.45, 2.75) is 19.8 Å². The minimum absolute atomic E-state index is 0.540. The molecule has 0 spiro atoms. The summed E-state index contributed by atoms with van der Waals surface area (Å²) < 4.78 is 0. The second-order valence-corrected chi connectivity index (χ2v) is 3.14. The molecule has 0 N–H and O–H groups in total. The van der Waals surface area contributed by atoms with Gasteiger partial charge in [0.2, 0.25) is 0 Å². The summed E-state index contributed by atoms with van der Waals surface area (Å²) in [5, 5.41) is 8.25. The van der Waals surface area contributed by atoms with Crippen LogP contribution in [0.25, 0.3) is 0 Å². The molecular weight excluding hydrogens is 158 g/mol. The molecule has 1 rings (SSSR count). The number of hydrogen-bond acceptors (Lipinski definition) is 1. The third-order valence-corrected chi connectivity index (χ3v) is 1.84. The van der Waals surface area contributed by atoms with Gasteiger partial charge in [0, 0.05) is 11.5 Å². The Morgan fingerprint density at radius 2 is 1.77 bits per heavy atom. The summed E-state index contributed by atoms with van der Waals surface area (Å²) in [6.45, 7) is 4.30. The van der Waals surface area contributed by atoms with E-state index in [1.165, 1.54) is 5.56 Å². The first-order chi connectivity index (χ1) is 6.24. The summed E-state index contributed by atoms with van der Waals surface area (Å²) in [5.41, 5.74) is 2.19. The molecule has 64 valence electrons. The molecule has 0 aromatic heterocycles. The van der Waals surface area contributed by atoms with Crippen molar-refractivity contribution in [3.63, 3.8) is 0 Å². The predicted molar refractivity (Wildman–Crippen MR) is 53.0 cm³/mol. The zero-order valence-corrected chi connectivity index (χ0v) is 7.83. The van der Waals surface area contributed by atoms with E-state index < -0.39 is 0 Å². The molecular formula is C12H11N. The molecule has 13 heavy (non-hydrogen) atoms. The first kappa shape index (κ1) is 9.36. The topological polar surface area (TPSA) is 23.8 Å². The first-order valence-electron chi connectivity index (χ1n) is 4.24. The van der Waals surface area contributed by atoms with Crippen LogP contribution in [0.2, 0.25) is 0 Å². The van der Waals surface area contributed by atoms with Crippen LogP contribution in [0.3, 0.4) is 0 Å². The third kappa shape index (κ3) is 2.65. The van der Waals surface area contributed by atoms with Crippen molar-refractivity contribution >= 4 is 0 Å². The fraction of sp³-hybridized carbons (Fsp3) is 0.250. The zero-order chi connectivity index (χ0) is 9.68. The van der Waals surface area contributed by atoms with E-state index in [4.69, 9.17) is 5.26 Å². The van der Waals surface area contributed by atoms with Gasteiger partial charge >= 0.3 is 0 Å². The Balaban J connectivity index is 2.89. The smallest absolute Gasteiger partial charge is 0.152 e. The molecule has 0 aliphatic carbocycles. The van der Waals surface area contributed by atoms with Crippen molar-refractivity contribution in [3.05, 3.63) is 35.4 Å². The third-order valence-electron chi connectivity index (χ3n) is 1.84. The molecule has 0 saturated carbocycles. The van der Waals surface area contributed by atoms with E-state index >= 15 is 0 Å². The van der Waals surface area contributed by atoms with Gasteiger partial charge in [-0.15, -0.1) is 0 Å². The van der Waals surface area contributed by atoms with Crippen LogP contribution in [0.4, 0.5) is 0 Å². The van der Waals surface area contributed by atoms with Crippen LogP contribution in [-0.2, 0) is 0 Å². The Labute approximate surface area is 79.0 Å². The van der Waals surface area contributed by atoms with E-state index in [1.807, 2.05) is 24.3 Å². The maximum Gasteiger partial charge on any atom is 0.152 e. The van der Waals surface area contributed by atoms with E-state index in [0.29, 0.717) is 5.92 Å². The highest BCUT2D eigenvalue weighted by Crippen LogP contribution is 2.13. The second-order valence-electron chi connectivity index (χ2n) is 3.14. The van der Waals surface area contributed by atoms with Crippen LogP contribution in [-0.4, -0.2) is 0 Å². The SMILES string of the molecule is CC(C)c1ccc(C#CC#N)cc1. The molecule has 0 bridgehead atoms. The molecule has 0 saturated heterocycles. The van der Waals surface area contributed by atoms with Crippen molar-refractivity contribution in [2.24, 2.45) is 0 Å². The highest BCUT2D eigenvalue weighted by molar-refractivity contribution is 5.39. The maximum absolute atomic E-state index is 8.25. The summed E-state index contributed by atoms with van der Waals surface area (Å²) in [6.07, 6.45) is 0. The van der Waals surface area contributed by atoms with Gasteiger partial charge in [0.05, 0.1) is 0 Å². The Morgan fingerprint density at radius 3 is 2.23 bits per heavy atom. The van der Waals surface area contributed by atoms with Gasteiger partial charge in [-0.25, -0.2) is 0 Å². The summed E-state index contributed by atoms with van der Waals surface area (Å²) in [6, 6.07) is 9.78. The van der Waals surface area contributed by atoms with Crippen molar-refractivity contribution in [2.75, 3.05) is 0 Å². The lowest BCUT2D eigenvalue weighted by molar-refractivity contribution is 0.866. The molecule has 0 amide bonds. The van der Waals surface area contributed by atoms with Crippen molar-refractivity contribution < 1.29 is 0 Å². The predicted octanol–water partition coefficient (Wildman–Crippen LogP) is 2.69. The molecule has 1 heteroatoms. The largest absolute Gasteiger partial charge is 0.183 e. The Morgan fingerprint density at radius 1 is 1.15 bits per heavy atom. The molecule has 0 aliphatic heterocycles. The quantitative estimate of drug-likeness (QED) is 0.593. The van der Waals surface area contributed by atoms with E-state index in [1.54, 1.807) is 6.07 Å². The van der Waals surface area contributed by atoms with Crippen LogP contribution < -0.4 is 0 Å². The number of rotatable bonds is 1. The van der Waals surface area contributed by atoms with Crippen LogP contribution in [0.15, 0.2) is 24.3 Å². The normalized spacial score (nSPS) is 8.77. The van der Waals surface area contributed by atoms with Gasteiger partial charge in [0.25, 0.3) is 0 Å². The Kier molecular flexibility index (Phi) is 3.12. The van der Waals surface area contributed by atoms with Gasteiger partial charge in [-0.1, -0.05) is 31.9 Å². The van der Waals surface area contributed by atoms with Crippen LogP contribution in [0.5, 0.6) is 0 Å². The van der Waals surface area contributed by atoms with Gasteiger partial charge < -0.3 is 0 Å². The van der Waals surface area contributed by atoms with E-state index in [-0.39, 0.29) is 0 Å². The fourth-order valence-electron chi connectivity index (χ4n) is 1.05. The minimum atomic E-state index is 0.540.